The van der Waals surface area contributed by atoms with E-state index in [9.17, 15) is 29.7 Å². The third kappa shape index (κ3) is 3.13. The van der Waals surface area contributed by atoms with Gasteiger partial charge in [0.25, 0.3) is 0 Å². The van der Waals surface area contributed by atoms with Crippen LogP contribution in [0.15, 0.2) is 23.0 Å². The van der Waals surface area contributed by atoms with E-state index in [0.29, 0.717) is 18.4 Å². The second kappa shape index (κ2) is 7.53. The molecule has 31 heavy (non-hydrogen) atoms. The number of hydrogen-bond acceptors (Lipinski definition) is 7. The van der Waals surface area contributed by atoms with E-state index in [4.69, 9.17) is 0 Å². The molecule has 3 unspecified atom stereocenters. The highest BCUT2D eigenvalue weighted by Gasteiger charge is 2.50. The van der Waals surface area contributed by atoms with E-state index in [0.717, 1.165) is 11.3 Å². The maximum Gasteiger partial charge on any atom is 0.173 e. The molecule has 8 heteroatoms. The lowest BCUT2D eigenvalue weighted by Crippen LogP contribution is -2.43. The third-order valence-corrected chi connectivity index (χ3v) is 6.64. The molecule has 0 amide bonds. The zero-order valence-electron chi connectivity index (χ0n) is 17.9. The highest BCUT2D eigenvalue weighted by Crippen LogP contribution is 2.52. The van der Waals surface area contributed by atoms with Crippen molar-refractivity contribution in [1.82, 2.24) is 0 Å². The molecule has 1 saturated carbocycles. The van der Waals surface area contributed by atoms with Gasteiger partial charge in [0.05, 0.1) is 17.1 Å². The summed E-state index contributed by atoms with van der Waals surface area (Å²) in [6, 6.07) is 1.84. The summed E-state index contributed by atoms with van der Waals surface area (Å²) in [5.74, 6) is -4.08. The van der Waals surface area contributed by atoms with E-state index in [1.807, 2.05) is 25.1 Å². The van der Waals surface area contributed by atoms with Crippen molar-refractivity contribution in [2.45, 2.75) is 33.1 Å². The van der Waals surface area contributed by atoms with Crippen LogP contribution in [0, 0.1) is 24.7 Å². The van der Waals surface area contributed by atoms with Crippen LogP contribution >= 0.6 is 0 Å². The van der Waals surface area contributed by atoms with Gasteiger partial charge in [0.2, 0.25) is 0 Å². The van der Waals surface area contributed by atoms with E-state index >= 15 is 0 Å². The van der Waals surface area contributed by atoms with Crippen LogP contribution in [0.4, 0.5) is 5.69 Å². The molecule has 5 N–H and O–H groups in total. The number of rotatable bonds is 2. The van der Waals surface area contributed by atoms with Crippen LogP contribution in [0.2, 0.25) is 0 Å². The number of aliphatic hydroxyl groups excluding tert-OH is 2. The summed E-state index contributed by atoms with van der Waals surface area (Å²) in [6.07, 6.45) is 0.882. The molecule has 8 nitrogen and oxygen atoms in total. The minimum absolute atomic E-state index is 0. The second-order valence-electron chi connectivity index (χ2n) is 8.75. The Balaban J connectivity index is 0.00000181. The molecule has 3 aliphatic carbocycles. The number of hydrogen-bond donors (Lipinski definition) is 3. The lowest BCUT2D eigenvalue weighted by atomic mass is 9.61. The number of phenolic OH excluding ortho intramolecular Hbond substituents is 1. The monoisotopic (exact) mass is 433 g/mol. The Morgan fingerprint density at radius 1 is 1.16 bits per heavy atom. The van der Waals surface area contributed by atoms with Gasteiger partial charge in [0, 0.05) is 34.6 Å². The number of anilines is 1. The molecule has 0 spiro atoms. The Bertz CT molecular complexity index is 1090. The summed E-state index contributed by atoms with van der Waals surface area (Å²) >= 11 is 0. The largest absolute Gasteiger partial charge is 0.511 e. The van der Waals surface area contributed by atoms with Crippen molar-refractivity contribution in [3.8, 4) is 5.75 Å². The molecule has 170 valence electrons. The molecule has 3 atom stereocenters. The quantitative estimate of drug-likeness (QED) is 0.607. The van der Waals surface area contributed by atoms with Gasteiger partial charge in [-0.2, -0.15) is 0 Å². The molecule has 1 aromatic carbocycles. The number of aromatic hydroxyl groups is 1. The highest BCUT2D eigenvalue weighted by molar-refractivity contribution is 6.22. The molecule has 0 saturated heterocycles. The maximum absolute atomic E-state index is 13.4. The van der Waals surface area contributed by atoms with Gasteiger partial charge < -0.3 is 25.7 Å². The minimum Gasteiger partial charge on any atom is -0.511 e. The number of fused-ring (bicyclic) bond motifs is 3. The summed E-state index contributed by atoms with van der Waals surface area (Å²) in [5.41, 5.74) is 2.28. The first-order valence-electron chi connectivity index (χ1n) is 10.0. The number of carbonyl (C=O) groups excluding carboxylic acids is 3. The average Bonchev–Trinajstić information content (AvgIpc) is 2.63. The van der Waals surface area contributed by atoms with E-state index < -0.39 is 34.9 Å². The predicted octanol–water partition coefficient (Wildman–Crippen LogP) is 2.45. The first kappa shape index (κ1) is 22.6. The molecule has 4 rings (SSSR count). The van der Waals surface area contributed by atoms with E-state index in [-0.39, 0.29) is 48.9 Å². The van der Waals surface area contributed by atoms with Gasteiger partial charge in [-0.3, -0.25) is 14.4 Å². The van der Waals surface area contributed by atoms with Gasteiger partial charge in [0.1, 0.15) is 17.3 Å². The van der Waals surface area contributed by atoms with Gasteiger partial charge in [-0.05, 0) is 55.7 Å². The topological polar surface area (TPSA) is 147 Å². The predicted molar refractivity (Wildman–Crippen MR) is 118 cm³/mol. The first-order valence-corrected chi connectivity index (χ1v) is 10.0. The molecule has 0 heterocycles. The van der Waals surface area contributed by atoms with Crippen molar-refractivity contribution in [2.24, 2.45) is 17.8 Å². The van der Waals surface area contributed by atoms with Crippen molar-refractivity contribution in [2.75, 3.05) is 19.0 Å². The summed E-state index contributed by atoms with van der Waals surface area (Å²) < 4.78 is 0. The normalized spacial score (nSPS) is 24.8. The molecule has 0 aliphatic heterocycles. The number of Topliss-reactive ketones (excluding diaryl/α,β-unsaturated/α-hetero) is 3. The Morgan fingerprint density at radius 2 is 1.81 bits per heavy atom. The van der Waals surface area contributed by atoms with Crippen LogP contribution in [-0.2, 0) is 20.8 Å². The van der Waals surface area contributed by atoms with Gasteiger partial charge in [0.15, 0.2) is 17.3 Å². The number of nitrogens with zero attached hydrogens (tertiary/aromatic N) is 1. The molecule has 0 radical (unpaired) electrons. The SMILES string of the molecule is CC(=O)C1=C(O)C2C(=O)C3=C(O)c4c(O)c(C)cc(N(C)C)c4CC3CC2CC1=O.O.[HH].[HH]. The third-order valence-electron chi connectivity index (χ3n) is 6.64. The van der Waals surface area contributed by atoms with E-state index in [1.165, 1.54) is 6.92 Å². The van der Waals surface area contributed by atoms with Crippen LogP contribution < -0.4 is 4.90 Å². The first-order chi connectivity index (χ1) is 14.0. The lowest BCUT2D eigenvalue weighted by Gasteiger charge is -2.41. The van der Waals surface area contributed by atoms with Crippen molar-refractivity contribution in [3.63, 3.8) is 0 Å². The Labute approximate surface area is 182 Å². The minimum atomic E-state index is -1.02. The molecule has 3 aliphatic rings. The van der Waals surface area contributed by atoms with Gasteiger partial charge in [-0.25, -0.2) is 0 Å². The summed E-state index contributed by atoms with van der Waals surface area (Å²) in [6.45, 7) is 2.92. The number of benzene rings is 1. The number of aliphatic hydroxyl groups is 2. The highest BCUT2D eigenvalue weighted by atomic mass is 16.3. The fourth-order valence-corrected chi connectivity index (χ4v) is 5.33. The van der Waals surface area contributed by atoms with Crippen LogP contribution in [-0.4, -0.2) is 52.2 Å². The van der Waals surface area contributed by atoms with E-state index in [2.05, 4.69) is 0 Å². The average molecular weight is 434 g/mol. The molecular formula is C23H31NO7. The standard InChI is InChI=1S/C23H25NO6.H2O.2H2/c1-9-5-14(24(3)4)13-7-11-6-12-8-15(26)16(10(2)25)21(28)18(12)22(29)17(11)23(30)19(13)20(9)27;;;/h5,11-12,18,27-28,30H,6-8H2,1-4H3;1H2;2*1H. The van der Waals surface area contributed by atoms with Crippen LogP contribution in [0.3, 0.4) is 0 Å². The fourth-order valence-electron chi connectivity index (χ4n) is 5.33. The summed E-state index contributed by atoms with van der Waals surface area (Å²) in [5, 5.41) is 32.4. The number of allylic oxidation sites excluding steroid dienone is 3. The summed E-state index contributed by atoms with van der Waals surface area (Å²) in [7, 11) is 3.74. The summed E-state index contributed by atoms with van der Waals surface area (Å²) in [4.78, 5) is 39.5. The molecule has 0 bridgehead atoms. The van der Waals surface area contributed by atoms with Crippen molar-refractivity contribution in [1.29, 1.82) is 0 Å². The van der Waals surface area contributed by atoms with Gasteiger partial charge in [-0.15, -0.1) is 0 Å². The Morgan fingerprint density at radius 3 is 2.39 bits per heavy atom. The number of phenols is 1. The molecular weight excluding hydrogens is 402 g/mol. The molecule has 1 aromatic rings. The van der Waals surface area contributed by atoms with Gasteiger partial charge in [-0.1, -0.05) is 0 Å². The zero-order valence-corrected chi connectivity index (χ0v) is 17.9. The zero-order chi connectivity index (χ0) is 22.1. The van der Waals surface area contributed by atoms with Gasteiger partial charge >= 0.3 is 0 Å². The smallest absolute Gasteiger partial charge is 0.173 e. The van der Waals surface area contributed by atoms with Crippen LogP contribution in [0.1, 0.15) is 39.3 Å². The van der Waals surface area contributed by atoms with Crippen LogP contribution in [0.5, 0.6) is 5.75 Å². The molecule has 1 fully saturated rings. The second-order valence-corrected chi connectivity index (χ2v) is 8.75. The van der Waals surface area contributed by atoms with Crippen molar-refractivity contribution in [3.05, 3.63) is 39.7 Å². The lowest BCUT2D eigenvalue weighted by molar-refractivity contribution is -0.127. The number of ketones is 3. The van der Waals surface area contributed by atoms with E-state index in [1.54, 1.807) is 6.92 Å². The maximum atomic E-state index is 13.4. The number of aryl methyl sites for hydroxylation is 1. The van der Waals surface area contributed by atoms with Crippen molar-refractivity contribution >= 4 is 28.8 Å². The van der Waals surface area contributed by atoms with Crippen LogP contribution in [0.25, 0.3) is 5.76 Å². The number of carbonyl (C=O) groups is 3. The Hall–Kier alpha value is -3.13. The molecule has 0 aromatic heterocycles. The van der Waals surface area contributed by atoms with Crippen molar-refractivity contribution < 1.29 is 38.0 Å². The fraction of sp³-hybridized carbons (Fsp3) is 0.435. The Kier molecular flexibility index (Phi) is 5.48.